The first-order valence-electron chi connectivity index (χ1n) is 8.08. The smallest absolute Gasteiger partial charge is 0.290 e. The highest BCUT2D eigenvalue weighted by Crippen LogP contribution is 2.38. The lowest BCUT2D eigenvalue weighted by atomic mass is 10.1. The zero-order valence-electron chi connectivity index (χ0n) is 14.3. The maximum atomic E-state index is 13.0. The molecule has 2 aromatic carbocycles. The van der Waals surface area contributed by atoms with Crippen LogP contribution in [0.15, 0.2) is 63.7 Å². The zero-order valence-corrected chi connectivity index (χ0v) is 16.7. The molecule has 0 bridgehead atoms. The predicted octanol–water partition coefficient (Wildman–Crippen LogP) is 5.89. The Morgan fingerprint density at radius 3 is 2.52 bits per heavy atom. The summed E-state index contributed by atoms with van der Waals surface area (Å²) in [6.07, 6.45) is -4.44. The van der Waals surface area contributed by atoms with E-state index in [0.29, 0.717) is 26.7 Å². The van der Waals surface area contributed by atoms with Crippen LogP contribution in [0, 0.1) is 10.1 Å². The van der Waals surface area contributed by atoms with E-state index in [0.717, 1.165) is 17.7 Å². The number of alkyl halides is 3. The van der Waals surface area contributed by atoms with Crippen LogP contribution in [0.4, 0.5) is 18.9 Å². The van der Waals surface area contributed by atoms with Crippen LogP contribution in [0.5, 0.6) is 0 Å². The van der Waals surface area contributed by atoms with Crippen LogP contribution in [-0.2, 0) is 6.18 Å². The van der Waals surface area contributed by atoms with Gasteiger partial charge in [0, 0.05) is 28.7 Å². The Morgan fingerprint density at radius 2 is 1.86 bits per heavy atom. The van der Waals surface area contributed by atoms with Crippen molar-refractivity contribution in [2.24, 2.45) is 0 Å². The summed E-state index contributed by atoms with van der Waals surface area (Å²) in [5, 5.41) is 13.1. The number of non-ortho nitro benzene ring substituents is 1. The fraction of sp³-hybridized carbons (Fsp3) is 0.0556. The lowest BCUT2D eigenvalue weighted by Crippen LogP contribution is -2.17. The van der Waals surface area contributed by atoms with E-state index in [2.05, 4.69) is 26.3 Å². The Hall–Kier alpha value is -2.79. The third-order valence-corrected chi connectivity index (χ3v) is 5.73. The topological polar surface area (TPSA) is 73.0 Å². The summed E-state index contributed by atoms with van der Waals surface area (Å²) in [4.78, 5) is 14.7. The standard InChI is InChI=1S/C18H10BrF3N4O2S/c19-16-15(11-2-1-3-12(8-11)18(20,21)22)23-17-25(16)24-14(9-29-17)10-4-6-13(7-5-10)26(27)28/h1-9,24H. The third-order valence-electron chi connectivity index (χ3n) is 4.16. The first kappa shape index (κ1) is 19.5. The number of nitrogens with one attached hydrogen (secondary N) is 1. The summed E-state index contributed by atoms with van der Waals surface area (Å²) in [7, 11) is 0. The first-order valence-corrected chi connectivity index (χ1v) is 9.76. The van der Waals surface area contributed by atoms with Gasteiger partial charge in [0.1, 0.15) is 10.3 Å². The lowest BCUT2D eigenvalue weighted by molar-refractivity contribution is -0.384. The van der Waals surface area contributed by atoms with Crippen molar-refractivity contribution in [1.29, 1.82) is 0 Å². The minimum Gasteiger partial charge on any atom is -0.290 e. The molecule has 0 saturated carbocycles. The van der Waals surface area contributed by atoms with E-state index in [1.54, 1.807) is 28.3 Å². The molecule has 0 radical (unpaired) electrons. The Kier molecular flexibility index (Phi) is 4.87. The van der Waals surface area contributed by atoms with Gasteiger partial charge in [-0.2, -0.15) is 13.2 Å². The van der Waals surface area contributed by atoms with Crippen molar-refractivity contribution in [3.63, 3.8) is 0 Å². The molecule has 29 heavy (non-hydrogen) atoms. The molecule has 0 unspecified atom stereocenters. The van der Waals surface area contributed by atoms with Crippen molar-refractivity contribution in [2.75, 3.05) is 5.43 Å². The highest BCUT2D eigenvalue weighted by Gasteiger charge is 2.31. The predicted molar refractivity (Wildman–Crippen MR) is 107 cm³/mol. The molecule has 148 valence electrons. The second-order valence-corrected chi connectivity index (χ2v) is 7.60. The molecule has 2 heterocycles. The van der Waals surface area contributed by atoms with Gasteiger partial charge in [-0.05, 0) is 40.2 Å². The SMILES string of the molecule is O=[N+]([O-])c1ccc(C2=CSc3nc(-c4cccc(C(F)(F)F)c4)c(Br)n3N2)cc1. The van der Waals surface area contributed by atoms with Crippen LogP contribution in [0.1, 0.15) is 11.1 Å². The summed E-state index contributed by atoms with van der Waals surface area (Å²) in [6.45, 7) is 0. The van der Waals surface area contributed by atoms with Crippen molar-refractivity contribution in [3.8, 4) is 11.3 Å². The molecule has 0 saturated heterocycles. The summed E-state index contributed by atoms with van der Waals surface area (Å²) >= 11 is 4.69. The average Bonchev–Trinajstić information content (AvgIpc) is 3.03. The molecule has 0 spiro atoms. The molecule has 4 rings (SSSR count). The maximum absolute atomic E-state index is 13.0. The second-order valence-electron chi connectivity index (χ2n) is 6.01. The van der Waals surface area contributed by atoms with Gasteiger partial charge in [-0.1, -0.05) is 23.9 Å². The monoisotopic (exact) mass is 482 g/mol. The van der Waals surface area contributed by atoms with E-state index >= 15 is 0 Å². The van der Waals surface area contributed by atoms with E-state index in [9.17, 15) is 23.3 Å². The largest absolute Gasteiger partial charge is 0.416 e. The van der Waals surface area contributed by atoms with Crippen molar-refractivity contribution in [1.82, 2.24) is 9.66 Å². The molecular weight excluding hydrogens is 473 g/mol. The number of fused-ring (bicyclic) bond motifs is 1. The van der Waals surface area contributed by atoms with Gasteiger partial charge in [0.05, 0.1) is 16.2 Å². The summed E-state index contributed by atoms with van der Waals surface area (Å²) in [6, 6.07) is 11.0. The normalized spacial score (nSPS) is 13.4. The van der Waals surface area contributed by atoms with Crippen molar-refractivity contribution >= 4 is 39.1 Å². The van der Waals surface area contributed by atoms with Crippen LogP contribution in [0.25, 0.3) is 17.0 Å². The maximum Gasteiger partial charge on any atom is 0.416 e. The molecule has 1 aromatic heterocycles. The number of aromatic nitrogens is 2. The Labute approximate surface area is 174 Å². The molecule has 0 atom stereocenters. The van der Waals surface area contributed by atoms with E-state index < -0.39 is 16.7 Å². The van der Waals surface area contributed by atoms with Crippen LogP contribution in [-0.4, -0.2) is 14.6 Å². The Balaban J connectivity index is 1.65. The number of halogens is 4. The second kappa shape index (κ2) is 7.23. The fourth-order valence-corrected chi connectivity index (χ4v) is 4.23. The highest BCUT2D eigenvalue weighted by atomic mass is 79.9. The van der Waals surface area contributed by atoms with E-state index in [1.165, 1.54) is 30.0 Å². The Morgan fingerprint density at radius 1 is 1.14 bits per heavy atom. The number of nitro benzene ring substituents is 1. The lowest BCUT2D eigenvalue weighted by Gasteiger charge is -2.18. The van der Waals surface area contributed by atoms with Crippen molar-refractivity contribution in [2.45, 2.75) is 11.3 Å². The van der Waals surface area contributed by atoms with Crippen LogP contribution < -0.4 is 5.43 Å². The number of thioether (sulfide) groups is 1. The number of hydrogen-bond donors (Lipinski definition) is 1. The van der Waals surface area contributed by atoms with Crippen molar-refractivity contribution < 1.29 is 18.1 Å². The number of nitro groups is 1. The van der Waals surface area contributed by atoms with E-state index in [4.69, 9.17) is 0 Å². The van der Waals surface area contributed by atoms with Gasteiger partial charge in [0.2, 0.25) is 0 Å². The molecule has 0 aliphatic carbocycles. The zero-order chi connectivity index (χ0) is 20.8. The number of nitrogens with zero attached hydrogens (tertiary/aromatic N) is 3. The summed E-state index contributed by atoms with van der Waals surface area (Å²) < 4.78 is 41.1. The third kappa shape index (κ3) is 3.75. The van der Waals surface area contributed by atoms with Gasteiger partial charge < -0.3 is 0 Å². The van der Waals surface area contributed by atoms with Crippen LogP contribution in [0.3, 0.4) is 0 Å². The van der Waals surface area contributed by atoms with E-state index in [-0.39, 0.29) is 5.69 Å². The quantitative estimate of drug-likeness (QED) is 0.372. The molecule has 1 N–H and O–H groups in total. The first-order chi connectivity index (χ1) is 13.7. The Bertz CT molecular complexity index is 1140. The van der Waals surface area contributed by atoms with Gasteiger partial charge in [-0.15, -0.1) is 0 Å². The summed E-state index contributed by atoms with van der Waals surface area (Å²) in [5.74, 6) is 0. The van der Waals surface area contributed by atoms with Gasteiger partial charge in [-0.3, -0.25) is 15.5 Å². The molecule has 11 heteroatoms. The number of hydrogen-bond acceptors (Lipinski definition) is 5. The molecule has 0 fully saturated rings. The van der Waals surface area contributed by atoms with E-state index in [1.807, 2.05) is 0 Å². The molecule has 1 aliphatic heterocycles. The summed E-state index contributed by atoms with van der Waals surface area (Å²) in [5.41, 5.74) is 4.43. The molecule has 6 nitrogen and oxygen atoms in total. The molecule has 1 aliphatic rings. The van der Waals surface area contributed by atoms with Gasteiger partial charge in [0.25, 0.3) is 5.69 Å². The van der Waals surface area contributed by atoms with Gasteiger partial charge in [0.15, 0.2) is 5.16 Å². The average molecular weight is 483 g/mol. The van der Waals surface area contributed by atoms with Crippen LogP contribution in [0.2, 0.25) is 0 Å². The molecule has 0 amide bonds. The number of benzene rings is 2. The fourth-order valence-electron chi connectivity index (χ4n) is 2.74. The van der Waals surface area contributed by atoms with Gasteiger partial charge in [-0.25, -0.2) is 9.66 Å². The minimum absolute atomic E-state index is 0.0193. The number of imidazole rings is 1. The number of rotatable bonds is 3. The van der Waals surface area contributed by atoms with Gasteiger partial charge >= 0.3 is 6.18 Å². The highest BCUT2D eigenvalue weighted by molar-refractivity contribution is 9.10. The molecular formula is C18H10BrF3N4O2S. The minimum atomic E-state index is -4.44. The molecule has 3 aromatic rings. The van der Waals surface area contributed by atoms with Crippen molar-refractivity contribution in [3.05, 3.63) is 79.8 Å². The van der Waals surface area contributed by atoms with Crippen LogP contribution >= 0.6 is 27.7 Å².